The monoisotopic (exact) mass is 474 g/mol. The van der Waals surface area contributed by atoms with Crippen LogP contribution >= 0.6 is 15.9 Å². The van der Waals surface area contributed by atoms with Crippen LogP contribution in [-0.4, -0.2) is 27.7 Å². The summed E-state index contributed by atoms with van der Waals surface area (Å²) in [6.45, 7) is 2.11. The highest BCUT2D eigenvalue weighted by molar-refractivity contribution is 9.10. The van der Waals surface area contributed by atoms with Crippen molar-refractivity contribution < 1.29 is 19.2 Å². The Labute approximate surface area is 180 Å². The number of amides is 1. The molecule has 1 aromatic heterocycles. The van der Waals surface area contributed by atoms with Gasteiger partial charge in [-0.3, -0.25) is 19.6 Å². The first-order valence-corrected chi connectivity index (χ1v) is 9.73. The number of halogens is 1. The molecule has 156 valence electrons. The van der Waals surface area contributed by atoms with Crippen LogP contribution in [0.25, 0.3) is 0 Å². The number of aromatic nitrogens is 2. The highest BCUT2D eigenvalue weighted by Gasteiger charge is 2.17. The Kier molecular flexibility index (Phi) is 6.68. The standard InChI is InChI=1S/C20H19BrN4O5/c1-13(11-24-12-14(21)10-22-24)20(26)23-15-7-16(25(27)28)9-19(8-15)30-18-5-3-17(29-2)4-6-18/h3-10,12-13H,11H2,1-2H3,(H,23,26). The van der Waals surface area contributed by atoms with E-state index in [4.69, 9.17) is 9.47 Å². The summed E-state index contributed by atoms with van der Waals surface area (Å²) >= 11 is 3.31. The van der Waals surface area contributed by atoms with E-state index in [2.05, 4.69) is 26.3 Å². The molecular formula is C20H19BrN4O5. The Hall–Kier alpha value is -3.40. The summed E-state index contributed by atoms with van der Waals surface area (Å²) < 4.78 is 13.3. The summed E-state index contributed by atoms with van der Waals surface area (Å²) in [6.07, 6.45) is 3.39. The lowest BCUT2D eigenvalue weighted by Gasteiger charge is -2.13. The maximum absolute atomic E-state index is 12.6. The Morgan fingerprint density at radius 1 is 1.23 bits per heavy atom. The molecular weight excluding hydrogens is 456 g/mol. The minimum Gasteiger partial charge on any atom is -0.497 e. The third kappa shape index (κ3) is 5.57. The molecule has 0 aliphatic carbocycles. The summed E-state index contributed by atoms with van der Waals surface area (Å²) in [5.74, 6) is 0.659. The van der Waals surface area contributed by atoms with Crippen molar-refractivity contribution in [3.63, 3.8) is 0 Å². The predicted octanol–water partition coefficient (Wildman–Crippen LogP) is 4.63. The molecule has 0 radical (unpaired) electrons. The molecule has 0 fully saturated rings. The van der Waals surface area contributed by atoms with Crippen molar-refractivity contribution in [1.82, 2.24) is 9.78 Å². The highest BCUT2D eigenvalue weighted by Crippen LogP contribution is 2.30. The van der Waals surface area contributed by atoms with E-state index in [9.17, 15) is 14.9 Å². The van der Waals surface area contributed by atoms with Gasteiger partial charge in [-0.1, -0.05) is 6.92 Å². The van der Waals surface area contributed by atoms with Gasteiger partial charge in [0.05, 0.1) is 46.9 Å². The van der Waals surface area contributed by atoms with Crippen molar-refractivity contribution in [2.75, 3.05) is 12.4 Å². The third-order valence-electron chi connectivity index (χ3n) is 4.18. The fourth-order valence-electron chi connectivity index (χ4n) is 2.67. The second kappa shape index (κ2) is 9.40. The van der Waals surface area contributed by atoms with Crippen molar-refractivity contribution >= 4 is 33.2 Å². The molecule has 10 heteroatoms. The van der Waals surface area contributed by atoms with Gasteiger partial charge in [0.2, 0.25) is 5.91 Å². The van der Waals surface area contributed by atoms with E-state index >= 15 is 0 Å². The van der Waals surface area contributed by atoms with Gasteiger partial charge in [0.25, 0.3) is 5.69 Å². The number of hydrogen-bond donors (Lipinski definition) is 1. The second-order valence-corrected chi connectivity index (χ2v) is 7.44. The molecule has 0 saturated carbocycles. The van der Waals surface area contributed by atoms with Crippen molar-refractivity contribution in [1.29, 1.82) is 0 Å². The lowest BCUT2D eigenvalue weighted by molar-refractivity contribution is -0.384. The van der Waals surface area contributed by atoms with E-state index in [-0.39, 0.29) is 23.0 Å². The topological polar surface area (TPSA) is 109 Å². The van der Waals surface area contributed by atoms with E-state index in [0.29, 0.717) is 18.0 Å². The van der Waals surface area contributed by atoms with Crippen molar-refractivity contribution in [3.05, 3.63) is 69.4 Å². The van der Waals surface area contributed by atoms with Gasteiger partial charge in [0.15, 0.2) is 0 Å². The molecule has 0 spiro atoms. The summed E-state index contributed by atoms with van der Waals surface area (Å²) in [4.78, 5) is 23.3. The number of hydrogen-bond acceptors (Lipinski definition) is 6. The number of nitro benzene ring substituents is 1. The van der Waals surface area contributed by atoms with Gasteiger partial charge < -0.3 is 14.8 Å². The average molecular weight is 475 g/mol. The highest BCUT2D eigenvalue weighted by atomic mass is 79.9. The van der Waals surface area contributed by atoms with Crippen LogP contribution in [0.3, 0.4) is 0 Å². The smallest absolute Gasteiger partial charge is 0.275 e. The molecule has 0 aliphatic heterocycles. The quantitative estimate of drug-likeness (QED) is 0.376. The molecule has 30 heavy (non-hydrogen) atoms. The first kappa shape index (κ1) is 21.3. The van der Waals surface area contributed by atoms with Gasteiger partial charge >= 0.3 is 0 Å². The molecule has 3 aromatic rings. The van der Waals surface area contributed by atoms with E-state index in [1.807, 2.05) is 0 Å². The average Bonchev–Trinajstić information content (AvgIpc) is 3.12. The van der Waals surface area contributed by atoms with Gasteiger partial charge in [-0.05, 0) is 40.2 Å². The predicted molar refractivity (Wildman–Crippen MR) is 114 cm³/mol. The zero-order valence-corrected chi connectivity index (χ0v) is 17.8. The molecule has 2 aromatic carbocycles. The first-order valence-electron chi connectivity index (χ1n) is 8.94. The summed E-state index contributed by atoms with van der Waals surface area (Å²) in [5, 5.41) is 18.1. The van der Waals surface area contributed by atoms with Gasteiger partial charge in [-0.2, -0.15) is 5.10 Å². The number of rotatable bonds is 8. The number of carbonyl (C=O) groups excluding carboxylic acids is 1. The number of carbonyl (C=O) groups is 1. The van der Waals surface area contributed by atoms with Crippen LogP contribution in [0, 0.1) is 16.0 Å². The number of non-ortho nitro benzene ring substituents is 1. The molecule has 1 atom stereocenters. The normalized spacial score (nSPS) is 11.6. The number of ether oxygens (including phenoxy) is 2. The largest absolute Gasteiger partial charge is 0.497 e. The number of nitrogens with zero attached hydrogens (tertiary/aromatic N) is 3. The molecule has 3 rings (SSSR count). The van der Waals surface area contributed by atoms with Gasteiger partial charge in [-0.25, -0.2) is 0 Å². The van der Waals surface area contributed by atoms with Crippen molar-refractivity contribution in [2.45, 2.75) is 13.5 Å². The molecule has 1 unspecified atom stereocenters. The van der Waals surface area contributed by atoms with E-state index in [0.717, 1.165) is 4.47 Å². The summed E-state index contributed by atoms with van der Waals surface area (Å²) in [6, 6.07) is 10.9. The minimum absolute atomic E-state index is 0.194. The number of benzene rings is 2. The lowest BCUT2D eigenvalue weighted by atomic mass is 10.1. The third-order valence-corrected chi connectivity index (χ3v) is 4.58. The Balaban J connectivity index is 1.75. The molecule has 0 saturated heterocycles. The summed E-state index contributed by atoms with van der Waals surface area (Å²) in [7, 11) is 1.55. The van der Waals surface area contributed by atoms with E-state index in [1.165, 1.54) is 18.2 Å². The molecule has 1 N–H and O–H groups in total. The lowest BCUT2D eigenvalue weighted by Crippen LogP contribution is -2.24. The molecule has 1 heterocycles. The van der Waals surface area contributed by atoms with Gasteiger partial charge in [0.1, 0.15) is 17.2 Å². The molecule has 0 bridgehead atoms. The number of methoxy groups -OCH3 is 1. The SMILES string of the molecule is COc1ccc(Oc2cc(NC(=O)C(C)Cn3cc(Br)cn3)cc([N+](=O)[O-])c2)cc1. The van der Waals surface area contributed by atoms with Crippen LogP contribution in [0.5, 0.6) is 17.2 Å². The van der Waals surface area contributed by atoms with Crippen LogP contribution in [0.4, 0.5) is 11.4 Å². The molecule has 0 aliphatic rings. The number of nitrogens with one attached hydrogen (secondary N) is 1. The fraction of sp³-hybridized carbons (Fsp3) is 0.200. The van der Waals surface area contributed by atoms with Crippen molar-refractivity contribution in [3.8, 4) is 17.2 Å². The zero-order valence-electron chi connectivity index (χ0n) is 16.2. The zero-order chi connectivity index (χ0) is 21.7. The van der Waals surface area contributed by atoms with E-state index in [1.54, 1.807) is 55.4 Å². The van der Waals surface area contributed by atoms with E-state index < -0.39 is 10.8 Å². The first-order chi connectivity index (χ1) is 14.3. The van der Waals surface area contributed by atoms with Gasteiger partial charge in [-0.15, -0.1) is 0 Å². The Morgan fingerprint density at radius 3 is 2.53 bits per heavy atom. The Bertz CT molecular complexity index is 1050. The fourth-order valence-corrected chi connectivity index (χ4v) is 2.99. The van der Waals surface area contributed by atoms with Crippen LogP contribution in [0.15, 0.2) is 59.3 Å². The van der Waals surface area contributed by atoms with Crippen molar-refractivity contribution in [2.24, 2.45) is 5.92 Å². The second-order valence-electron chi connectivity index (χ2n) is 6.52. The van der Waals surface area contributed by atoms with Crippen LogP contribution < -0.4 is 14.8 Å². The van der Waals surface area contributed by atoms with Crippen LogP contribution in [-0.2, 0) is 11.3 Å². The summed E-state index contributed by atoms with van der Waals surface area (Å²) in [5.41, 5.74) is 0.0752. The molecule has 9 nitrogen and oxygen atoms in total. The number of anilines is 1. The maximum Gasteiger partial charge on any atom is 0.275 e. The number of nitro groups is 1. The van der Waals surface area contributed by atoms with Crippen LogP contribution in [0.1, 0.15) is 6.92 Å². The van der Waals surface area contributed by atoms with Gasteiger partial charge in [0, 0.05) is 18.3 Å². The minimum atomic E-state index is -0.540. The maximum atomic E-state index is 12.6. The Morgan fingerprint density at radius 2 is 1.93 bits per heavy atom. The molecule has 1 amide bonds. The van der Waals surface area contributed by atoms with Crippen LogP contribution in [0.2, 0.25) is 0 Å².